The van der Waals surface area contributed by atoms with Crippen molar-refractivity contribution in [1.29, 1.82) is 0 Å². The van der Waals surface area contributed by atoms with E-state index in [1.165, 1.54) is 0 Å². The van der Waals surface area contributed by atoms with Gasteiger partial charge in [0.1, 0.15) is 11.8 Å². The summed E-state index contributed by atoms with van der Waals surface area (Å²) in [7, 11) is 0.621. The van der Waals surface area contributed by atoms with E-state index in [4.69, 9.17) is 14.3 Å². The first kappa shape index (κ1) is 8.20. The molecule has 1 rings (SSSR count). The van der Waals surface area contributed by atoms with Crippen molar-refractivity contribution in [3.63, 3.8) is 0 Å². The number of hydrogen-bond donors (Lipinski definition) is 1. The topological polar surface area (TPSA) is 42.0 Å². The van der Waals surface area contributed by atoms with Crippen molar-refractivity contribution in [2.75, 3.05) is 13.7 Å². The van der Waals surface area contributed by atoms with Crippen LogP contribution >= 0.6 is 0 Å². The van der Waals surface area contributed by atoms with Gasteiger partial charge in [0.2, 0.25) is 9.04 Å². The largest absolute Gasteiger partial charge is 0.420 e. The lowest BCUT2D eigenvalue weighted by Gasteiger charge is -2.05. The summed E-state index contributed by atoms with van der Waals surface area (Å²) in [6, 6.07) is 1.08. The minimum absolute atomic E-state index is 0.0940. The summed E-state index contributed by atoms with van der Waals surface area (Å²) in [5.74, 6) is 0. The summed E-state index contributed by atoms with van der Waals surface area (Å²) >= 11 is 0. The lowest BCUT2D eigenvalue weighted by molar-refractivity contribution is 0.243. The Kier molecular flexibility index (Phi) is 2.85. The molecule has 1 fully saturated rings. The second kappa shape index (κ2) is 3.48. The van der Waals surface area contributed by atoms with E-state index in [-0.39, 0.29) is 18.4 Å². The van der Waals surface area contributed by atoms with Gasteiger partial charge in [-0.05, 0) is 6.04 Å². The summed E-state index contributed by atoms with van der Waals surface area (Å²) in [6.45, 7) is 2.26. The fourth-order valence-corrected chi connectivity index (χ4v) is 3.21. The van der Waals surface area contributed by atoms with E-state index in [9.17, 15) is 0 Å². The van der Waals surface area contributed by atoms with Gasteiger partial charge in [0.05, 0.1) is 6.61 Å². The smallest absolute Gasteiger partial charge is 0.207 e. The van der Waals surface area contributed by atoms with E-state index in [1.54, 1.807) is 7.11 Å². The van der Waals surface area contributed by atoms with Crippen LogP contribution in [-0.2, 0) is 9.16 Å². The first-order valence-corrected chi connectivity index (χ1v) is 5.58. The summed E-state index contributed by atoms with van der Waals surface area (Å²) in [5, 5.41) is 8.66. The minimum atomic E-state index is -1.11. The highest BCUT2D eigenvalue weighted by Gasteiger charge is 2.45. The molecular weight excluding hydrogens is 148 g/mol. The summed E-state index contributed by atoms with van der Waals surface area (Å²) in [5.41, 5.74) is 0.278. The Morgan fingerprint density at radius 2 is 2.40 bits per heavy atom. The van der Waals surface area contributed by atoms with Gasteiger partial charge in [-0.2, -0.15) is 0 Å². The van der Waals surface area contributed by atoms with Gasteiger partial charge in [0, 0.05) is 7.11 Å². The molecule has 3 atom stereocenters. The summed E-state index contributed by atoms with van der Waals surface area (Å²) in [4.78, 5) is 0. The van der Waals surface area contributed by atoms with Gasteiger partial charge in [-0.25, -0.2) is 0 Å². The Morgan fingerprint density at radius 3 is 2.70 bits per heavy atom. The summed E-state index contributed by atoms with van der Waals surface area (Å²) < 4.78 is 10.5. The highest BCUT2D eigenvalue weighted by Crippen LogP contribution is 2.25. The van der Waals surface area contributed by atoms with E-state index >= 15 is 0 Å². The lowest BCUT2D eigenvalue weighted by Crippen LogP contribution is -2.25. The van der Waals surface area contributed by atoms with Crippen LogP contribution in [0.15, 0.2) is 0 Å². The highest BCUT2D eigenvalue weighted by atomic mass is 28.3. The highest BCUT2D eigenvalue weighted by molar-refractivity contribution is 6.54. The molecule has 10 heavy (non-hydrogen) atoms. The molecule has 0 spiro atoms. The van der Waals surface area contributed by atoms with Crippen LogP contribution in [0.5, 0.6) is 0 Å². The molecule has 0 aliphatic carbocycles. The van der Waals surface area contributed by atoms with Crippen molar-refractivity contribution >= 4 is 9.04 Å². The maximum Gasteiger partial charge on any atom is 0.207 e. The average Bonchev–Trinajstić information content (AvgIpc) is 2.70. The second-order valence-corrected chi connectivity index (χ2v) is 5.53. The third-order valence-electron chi connectivity index (χ3n) is 1.87. The lowest BCUT2D eigenvalue weighted by atomic mass is 10.5. The van der Waals surface area contributed by atoms with Crippen LogP contribution in [0.25, 0.3) is 0 Å². The Hall–Kier alpha value is 0.0969. The molecule has 1 aliphatic heterocycles. The first-order chi connectivity index (χ1) is 4.83. The van der Waals surface area contributed by atoms with E-state index < -0.39 is 9.04 Å². The van der Waals surface area contributed by atoms with Crippen LogP contribution in [0.2, 0.25) is 6.04 Å². The van der Waals surface area contributed by atoms with Gasteiger partial charge in [-0.1, -0.05) is 6.92 Å². The molecular formula is C6H14O3Si. The van der Waals surface area contributed by atoms with Crippen molar-refractivity contribution < 1.29 is 14.3 Å². The molecule has 0 saturated carbocycles. The standard InChI is InChI=1S/C6H14O3Si/c1-3-10(8-2)6-5(4-7)9-6/h5-7,10H,3-4H2,1-2H3. The zero-order valence-corrected chi connectivity index (χ0v) is 7.56. The van der Waals surface area contributed by atoms with Gasteiger partial charge >= 0.3 is 0 Å². The van der Waals surface area contributed by atoms with Crippen LogP contribution in [0.3, 0.4) is 0 Å². The number of hydrogen-bond acceptors (Lipinski definition) is 3. The maximum absolute atomic E-state index is 8.66. The zero-order chi connectivity index (χ0) is 7.56. The van der Waals surface area contributed by atoms with Gasteiger partial charge in [-0.15, -0.1) is 0 Å². The molecule has 3 nitrogen and oxygen atoms in total. The van der Waals surface area contributed by atoms with Crippen LogP contribution < -0.4 is 0 Å². The second-order valence-electron chi connectivity index (χ2n) is 2.50. The Bertz CT molecular complexity index is 105. The number of rotatable bonds is 4. The van der Waals surface area contributed by atoms with Crippen molar-refractivity contribution in [3.05, 3.63) is 0 Å². The molecule has 4 heteroatoms. The van der Waals surface area contributed by atoms with Gasteiger partial charge < -0.3 is 14.3 Å². The van der Waals surface area contributed by atoms with E-state index in [0.717, 1.165) is 6.04 Å². The van der Waals surface area contributed by atoms with Crippen LogP contribution in [-0.4, -0.2) is 39.7 Å². The van der Waals surface area contributed by atoms with E-state index in [0.29, 0.717) is 0 Å². The van der Waals surface area contributed by atoms with Crippen molar-refractivity contribution in [2.24, 2.45) is 0 Å². The fourth-order valence-electron chi connectivity index (χ4n) is 1.16. The normalized spacial score (nSPS) is 33.9. The molecule has 3 unspecified atom stereocenters. The summed E-state index contributed by atoms with van der Waals surface area (Å²) in [6.07, 6.45) is 0.0940. The fraction of sp³-hybridized carbons (Fsp3) is 1.00. The first-order valence-electron chi connectivity index (χ1n) is 3.62. The van der Waals surface area contributed by atoms with Gasteiger partial charge in [-0.3, -0.25) is 0 Å². The van der Waals surface area contributed by atoms with Crippen LogP contribution in [0.4, 0.5) is 0 Å². The predicted octanol–water partition coefficient (Wildman–Crippen LogP) is -0.325. The zero-order valence-electron chi connectivity index (χ0n) is 6.41. The Labute approximate surface area is 62.7 Å². The maximum atomic E-state index is 8.66. The van der Waals surface area contributed by atoms with Crippen molar-refractivity contribution in [3.8, 4) is 0 Å². The van der Waals surface area contributed by atoms with Crippen LogP contribution in [0, 0.1) is 0 Å². The van der Waals surface area contributed by atoms with Crippen molar-refractivity contribution in [2.45, 2.75) is 24.8 Å². The van der Waals surface area contributed by atoms with Crippen LogP contribution in [0.1, 0.15) is 6.92 Å². The molecule has 0 amide bonds. The third kappa shape index (κ3) is 1.57. The SMILES string of the molecule is CC[SiH](OC)C1OC1CO. The molecule has 60 valence electrons. The van der Waals surface area contributed by atoms with E-state index in [2.05, 4.69) is 6.92 Å². The van der Waals surface area contributed by atoms with Gasteiger partial charge in [0.15, 0.2) is 0 Å². The molecule has 1 aliphatic rings. The molecule has 1 saturated heterocycles. The number of aliphatic hydroxyl groups excluding tert-OH is 1. The minimum Gasteiger partial charge on any atom is -0.420 e. The number of ether oxygens (including phenoxy) is 1. The Morgan fingerprint density at radius 1 is 1.70 bits per heavy atom. The third-order valence-corrected chi connectivity index (χ3v) is 4.60. The molecule has 0 aromatic carbocycles. The van der Waals surface area contributed by atoms with Crippen molar-refractivity contribution in [1.82, 2.24) is 0 Å². The average molecular weight is 162 g/mol. The monoisotopic (exact) mass is 162 g/mol. The molecule has 1 N–H and O–H groups in total. The number of aliphatic hydroxyl groups is 1. The molecule has 0 aromatic rings. The van der Waals surface area contributed by atoms with Gasteiger partial charge in [0.25, 0.3) is 0 Å². The van der Waals surface area contributed by atoms with E-state index in [1.807, 2.05) is 0 Å². The molecule has 0 bridgehead atoms. The quantitative estimate of drug-likeness (QED) is 0.455. The molecule has 1 heterocycles. The Balaban J connectivity index is 2.22. The predicted molar refractivity (Wildman–Crippen MR) is 40.4 cm³/mol. The molecule has 0 radical (unpaired) electrons. The molecule has 0 aromatic heterocycles. The number of epoxide rings is 1.